The number of fused-ring (bicyclic) bond motifs is 1. The van der Waals surface area contributed by atoms with Crippen LogP contribution in [0, 0.1) is 0 Å². The van der Waals surface area contributed by atoms with Gasteiger partial charge in [0, 0.05) is 57.4 Å². The minimum absolute atomic E-state index is 0.0836. The summed E-state index contributed by atoms with van der Waals surface area (Å²) in [5.74, 6) is 2.68. The molecule has 1 aromatic carbocycles. The van der Waals surface area contributed by atoms with Crippen LogP contribution in [0.1, 0.15) is 12.0 Å². The molecule has 0 bridgehead atoms. The third-order valence-electron chi connectivity index (χ3n) is 5.98. The number of nitrogens with one attached hydrogen (secondary N) is 1. The van der Waals surface area contributed by atoms with Crippen LogP contribution in [0.25, 0.3) is 5.95 Å². The summed E-state index contributed by atoms with van der Waals surface area (Å²) in [4.78, 5) is 15.3. The molecule has 3 aromatic rings. The second kappa shape index (κ2) is 9.57. The van der Waals surface area contributed by atoms with Crippen LogP contribution < -0.4 is 19.7 Å². The molecule has 0 saturated carbocycles. The van der Waals surface area contributed by atoms with Gasteiger partial charge in [0.25, 0.3) is 0 Å². The summed E-state index contributed by atoms with van der Waals surface area (Å²) < 4.78 is 39.2. The Kier molecular flexibility index (Phi) is 6.35. The monoisotopic (exact) mass is 485 g/mol. The Morgan fingerprint density at radius 2 is 2.09 bits per heavy atom. The molecular weight excluding hydrogens is 458 g/mol. The molecule has 1 fully saturated rings. The third kappa shape index (κ3) is 4.98. The van der Waals surface area contributed by atoms with E-state index in [-0.39, 0.29) is 19.4 Å². The highest BCUT2D eigenvalue weighted by atomic mass is 32.2. The first-order chi connectivity index (χ1) is 16.5. The van der Waals surface area contributed by atoms with E-state index in [0.717, 1.165) is 31.0 Å². The highest BCUT2D eigenvalue weighted by Crippen LogP contribution is 2.33. The van der Waals surface area contributed by atoms with Crippen LogP contribution in [0.15, 0.2) is 49.2 Å². The molecule has 1 unspecified atom stereocenters. The van der Waals surface area contributed by atoms with Crippen molar-refractivity contribution in [2.45, 2.75) is 19.0 Å². The van der Waals surface area contributed by atoms with Gasteiger partial charge in [0.1, 0.15) is 12.1 Å². The van der Waals surface area contributed by atoms with Crippen LogP contribution >= 0.6 is 0 Å². The fourth-order valence-electron chi connectivity index (χ4n) is 4.22. The van der Waals surface area contributed by atoms with E-state index in [9.17, 15) is 8.42 Å². The van der Waals surface area contributed by atoms with Gasteiger partial charge in [0.05, 0.1) is 6.26 Å². The number of nitrogens with zero attached hydrogens (tertiary/aromatic N) is 6. The van der Waals surface area contributed by atoms with E-state index in [4.69, 9.17) is 14.5 Å². The van der Waals surface area contributed by atoms with E-state index in [1.54, 1.807) is 29.5 Å². The van der Waals surface area contributed by atoms with Gasteiger partial charge in [-0.25, -0.2) is 18.4 Å². The van der Waals surface area contributed by atoms with Crippen LogP contribution in [-0.4, -0.2) is 77.5 Å². The van der Waals surface area contributed by atoms with Crippen molar-refractivity contribution in [2.24, 2.45) is 0 Å². The number of hydrogen-bond acceptors (Lipinski definition) is 9. The Hall–Kier alpha value is -3.22. The van der Waals surface area contributed by atoms with Crippen molar-refractivity contribution in [1.29, 1.82) is 0 Å². The van der Waals surface area contributed by atoms with Crippen molar-refractivity contribution in [2.75, 3.05) is 44.1 Å². The van der Waals surface area contributed by atoms with Gasteiger partial charge in [0.15, 0.2) is 11.5 Å². The van der Waals surface area contributed by atoms with E-state index in [0.29, 0.717) is 30.4 Å². The van der Waals surface area contributed by atoms with Crippen LogP contribution in [-0.2, 0) is 16.6 Å². The molecule has 12 heteroatoms. The van der Waals surface area contributed by atoms with Gasteiger partial charge in [0.2, 0.25) is 22.8 Å². The molecule has 11 nitrogen and oxygen atoms in total. The van der Waals surface area contributed by atoms with E-state index in [1.165, 1.54) is 10.6 Å². The summed E-state index contributed by atoms with van der Waals surface area (Å²) >= 11 is 0. The number of ether oxygens (including phenoxy) is 2. The normalized spacial score (nSPS) is 17.9. The molecule has 180 valence electrons. The van der Waals surface area contributed by atoms with Crippen molar-refractivity contribution in [3.05, 3.63) is 54.7 Å². The topological polar surface area (TPSA) is 115 Å². The van der Waals surface area contributed by atoms with E-state index in [2.05, 4.69) is 20.2 Å². The highest BCUT2D eigenvalue weighted by molar-refractivity contribution is 7.88. The Morgan fingerprint density at radius 3 is 2.91 bits per heavy atom. The summed E-state index contributed by atoms with van der Waals surface area (Å²) in [6, 6.07) is 7.50. The molecular formula is C22H27N7O4S. The van der Waals surface area contributed by atoms with E-state index in [1.807, 2.05) is 24.3 Å². The van der Waals surface area contributed by atoms with Crippen molar-refractivity contribution in [1.82, 2.24) is 29.1 Å². The van der Waals surface area contributed by atoms with Gasteiger partial charge in [-0.05, 0) is 30.2 Å². The number of sulfonamides is 1. The lowest BCUT2D eigenvalue weighted by molar-refractivity contribution is 0.174. The number of aromatic nitrogens is 4. The third-order valence-corrected chi connectivity index (χ3v) is 7.23. The number of rotatable bonds is 8. The lowest BCUT2D eigenvalue weighted by Crippen LogP contribution is -2.53. The van der Waals surface area contributed by atoms with Crippen LogP contribution in [0.5, 0.6) is 11.5 Å². The van der Waals surface area contributed by atoms with Crippen LogP contribution in [0.4, 0.5) is 5.82 Å². The molecule has 0 radical (unpaired) electrons. The van der Waals surface area contributed by atoms with Crippen LogP contribution in [0.3, 0.4) is 0 Å². The molecule has 1 saturated heterocycles. The van der Waals surface area contributed by atoms with Gasteiger partial charge >= 0.3 is 0 Å². The lowest BCUT2D eigenvalue weighted by atomic mass is 10.1. The zero-order valence-electron chi connectivity index (χ0n) is 18.9. The van der Waals surface area contributed by atoms with Crippen molar-refractivity contribution < 1.29 is 17.9 Å². The summed E-state index contributed by atoms with van der Waals surface area (Å²) in [7, 11) is -3.41. The molecule has 4 heterocycles. The number of imidazole rings is 1. The van der Waals surface area contributed by atoms with E-state index >= 15 is 0 Å². The minimum Gasteiger partial charge on any atom is -0.454 e. The largest absolute Gasteiger partial charge is 0.454 e. The number of hydrogen-bond donors (Lipinski definition) is 1. The molecule has 2 aromatic heterocycles. The SMILES string of the molecule is CS(=O)(=O)N(CCC1CNCCN1c1ccnc(-n2ccnc2)n1)Cc1ccc2c(c1)OCO2. The van der Waals surface area contributed by atoms with Crippen LogP contribution in [0.2, 0.25) is 0 Å². The molecule has 0 aliphatic carbocycles. The van der Waals surface area contributed by atoms with Crippen molar-refractivity contribution in [3.8, 4) is 17.4 Å². The highest BCUT2D eigenvalue weighted by Gasteiger charge is 2.27. The van der Waals surface area contributed by atoms with Gasteiger partial charge in [-0.1, -0.05) is 6.07 Å². The van der Waals surface area contributed by atoms with Gasteiger partial charge in [-0.2, -0.15) is 9.29 Å². The Morgan fingerprint density at radius 1 is 1.21 bits per heavy atom. The fraction of sp³-hybridized carbons (Fsp3) is 0.409. The van der Waals surface area contributed by atoms with Gasteiger partial charge in [-0.3, -0.25) is 4.57 Å². The predicted molar refractivity (Wildman–Crippen MR) is 126 cm³/mol. The Bertz CT molecular complexity index is 1240. The predicted octanol–water partition coefficient (Wildman–Crippen LogP) is 1.02. The molecule has 34 heavy (non-hydrogen) atoms. The summed E-state index contributed by atoms with van der Waals surface area (Å²) in [5.41, 5.74) is 0.856. The second-order valence-corrected chi connectivity index (χ2v) is 10.3. The van der Waals surface area contributed by atoms with Crippen molar-refractivity contribution >= 4 is 15.8 Å². The Balaban J connectivity index is 1.30. The summed E-state index contributed by atoms with van der Waals surface area (Å²) in [6.45, 7) is 3.18. The fourth-order valence-corrected chi connectivity index (χ4v) is 5.04. The first kappa shape index (κ1) is 22.6. The first-order valence-electron chi connectivity index (χ1n) is 11.1. The maximum atomic E-state index is 12.6. The number of anilines is 1. The molecule has 0 amide bonds. The molecule has 1 N–H and O–H groups in total. The standard InChI is InChI=1S/C22H27N7O4S/c1-34(30,31)28(14-17-2-3-19-20(12-17)33-16-32-19)9-5-18-13-23-8-11-29(18)21-4-6-25-22(26-21)27-10-7-24-15-27/h2-4,6-7,10,12,15,18,23H,5,8-9,11,13-14,16H2,1H3. The van der Waals surface area contributed by atoms with Gasteiger partial charge in [-0.15, -0.1) is 0 Å². The minimum atomic E-state index is -3.41. The molecule has 2 aliphatic heterocycles. The zero-order chi connectivity index (χ0) is 23.5. The Labute approximate surface area is 198 Å². The van der Waals surface area contributed by atoms with Crippen molar-refractivity contribution in [3.63, 3.8) is 0 Å². The maximum absolute atomic E-state index is 12.6. The summed E-state index contributed by atoms with van der Waals surface area (Å²) in [6.07, 6.45) is 8.78. The second-order valence-electron chi connectivity index (χ2n) is 8.31. The average molecular weight is 486 g/mol. The zero-order valence-corrected chi connectivity index (χ0v) is 19.7. The molecule has 0 spiro atoms. The average Bonchev–Trinajstić information content (AvgIpc) is 3.53. The number of benzene rings is 1. The maximum Gasteiger partial charge on any atom is 0.236 e. The molecule has 5 rings (SSSR count). The summed E-state index contributed by atoms with van der Waals surface area (Å²) in [5, 5.41) is 3.42. The first-order valence-corrected chi connectivity index (χ1v) is 12.9. The quantitative estimate of drug-likeness (QED) is 0.499. The van der Waals surface area contributed by atoms with E-state index < -0.39 is 10.0 Å². The number of piperazine rings is 1. The lowest BCUT2D eigenvalue weighted by Gasteiger charge is -2.38. The smallest absolute Gasteiger partial charge is 0.236 e. The molecule has 1 atom stereocenters. The molecule has 2 aliphatic rings. The van der Waals surface area contributed by atoms with Gasteiger partial charge < -0.3 is 19.7 Å².